The zero-order valence-electron chi connectivity index (χ0n) is 11.2. The molecule has 1 aromatic carbocycles. The summed E-state index contributed by atoms with van der Waals surface area (Å²) in [5.74, 6) is 0.223. The Morgan fingerprint density at radius 2 is 1.79 bits per heavy atom. The number of anilines is 1. The summed E-state index contributed by atoms with van der Waals surface area (Å²) in [7, 11) is 0. The second kappa shape index (κ2) is 3.83. The third-order valence-corrected chi connectivity index (χ3v) is 5.51. The lowest BCUT2D eigenvalue weighted by atomic mass is 9.61. The largest absolute Gasteiger partial charge is 0.325 e. The molecule has 2 spiro atoms. The molecule has 1 aromatic rings. The van der Waals surface area contributed by atoms with E-state index >= 15 is 0 Å². The van der Waals surface area contributed by atoms with Crippen molar-refractivity contribution >= 4 is 11.6 Å². The normalized spacial score (nSPS) is 31.7. The minimum atomic E-state index is -0.315. The number of carbonyl (C=O) groups is 1. The lowest BCUT2D eigenvalue weighted by Crippen LogP contribution is -2.58. The van der Waals surface area contributed by atoms with Crippen LogP contribution in [0.15, 0.2) is 24.3 Å². The number of para-hydroxylation sites is 1. The summed E-state index contributed by atoms with van der Waals surface area (Å²) in [6.45, 7) is 0.960. The molecule has 1 aliphatic carbocycles. The van der Waals surface area contributed by atoms with Gasteiger partial charge in [-0.1, -0.05) is 37.5 Å². The van der Waals surface area contributed by atoms with Gasteiger partial charge >= 0.3 is 0 Å². The predicted octanol–water partition coefficient (Wildman–Crippen LogP) is 2.57. The van der Waals surface area contributed by atoms with Crippen LogP contribution in [0.4, 0.5) is 5.69 Å². The van der Waals surface area contributed by atoms with Gasteiger partial charge in [0.05, 0.1) is 5.41 Å². The van der Waals surface area contributed by atoms with E-state index in [1.165, 1.54) is 24.8 Å². The Labute approximate surface area is 113 Å². The maximum absolute atomic E-state index is 12.8. The van der Waals surface area contributed by atoms with Crippen molar-refractivity contribution in [3.8, 4) is 0 Å². The standard InChI is InChI=1S/C16H20N2O/c19-14-16(12-6-2-3-7-13(12)18-14)10-11-17-15(16)8-4-1-5-9-15/h2-3,6-7,17H,1,4-5,8-11H2,(H,18,19). The van der Waals surface area contributed by atoms with Gasteiger partial charge in [0.25, 0.3) is 0 Å². The third-order valence-electron chi connectivity index (χ3n) is 5.51. The van der Waals surface area contributed by atoms with Crippen LogP contribution in [0, 0.1) is 0 Å². The molecule has 19 heavy (non-hydrogen) atoms. The molecule has 2 N–H and O–H groups in total. The number of benzene rings is 1. The van der Waals surface area contributed by atoms with Crippen LogP contribution in [0.2, 0.25) is 0 Å². The van der Waals surface area contributed by atoms with Crippen LogP contribution in [0.5, 0.6) is 0 Å². The average Bonchev–Trinajstić information content (AvgIpc) is 2.93. The molecule has 1 amide bonds. The van der Waals surface area contributed by atoms with Crippen LogP contribution in [-0.2, 0) is 10.2 Å². The van der Waals surface area contributed by atoms with E-state index in [9.17, 15) is 4.79 Å². The molecule has 1 saturated heterocycles. The Balaban J connectivity index is 1.90. The predicted molar refractivity (Wildman–Crippen MR) is 75.2 cm³/mol. The van der Waals surface area contributed by atoms with Crippen molar-refractivity contribution in [1.82, 2.24) is 5.32 Å². The number of hydrogen-bond acceptors (Lipinski definition) is 2. The van der Waals surface area contributed by atoms with Crippen molar-refractivity contribution in [1.29, 1.82) is 0 Å². The van der Waals surface area contributed by atoms with Gasteiger partial charge < -0.3 is 10.6 Å². The topological polar surface area (TPSA) is 41.1 Å². The smallest absolute Gasteiger partial charge is 0.237 e. The summed E-state index contributed by atoms with van der Waals surface area (Å²) < 4.78 is 0. The summed E-state index contributed by atoms with van der Waals surface area (Å²) >= 11 is 0. The maximum Gasteiger partial charge on any atom is 0.237 e. The molecular weight excluding hydrogens is 236 g/mol. The van der Waals surface area contributed by atoms with E-state index in [0.717, 1.165) is 31.5 Å². The second-order valence-corrected chi connectivity index (χ2v) is 6.22. The molecule has 3 nitrogen and oxygen atoms in total. The van der Waals surface area contributed by atoms with Crippen LogP contribution < -0.4 is 10.6 Å². The average molecular weight is 256 g/mol. The third kappa shape index (κ3) is 1.29. The van der Waals surface area contributed by atoms with Gasteiger partial charge in [-0.2, -0.15) is 0 Å². The van der Waals surface area contributed by atoms with E-state index < -0.39 is 0 Å². The van der Waals surface area contributed by atoms with E-state index in [2.05, 4.69) is 22.8 Å². The van der Waals surface area contributed by atoms with Gasteiger partial charge in [-0.05, 0) is 37.4 Å². The summed E-state index contributed by atoms with van der Waals surface area (Å²) in [5, 5.41) is 6.84. The van der Waals surface area contributed by atoms with Crippen LogP contribution >= 0.6 is 0 Å². The van der Waals surface area contributed by atoms with Gasteiger partial charge in [0.2, 0.25) is 5.91 Å². The van der Waals surface area contributed by atoms with Crippen molar-refractivity contribution in [3.05, 3.63) is 29.8 Å². The summed E-state index contributed by atoms with van der Waals surface area (Å²) in [4.78, 5) is 12.8. The Hall–Kier alpha value is -1.35. The van der Waals surface area contributed by atoms with E-state index in [1.54, 1.807) is 0 Å². The lowest BCUT2D eigenvalue weighted by Gasteiger charge is -2.45. The Bertz CT molecular complexity index is 533. The molecule has 1 saturated carbocycles. The quantitative estimate of drug-likeness (QED) is 0.749. The molecule has 0 bridgehead atoms. The zero-order valence-corrected chi connectivity index (χ0v) is 11.2. The highest BCUT2D eigenvalue weighted by Gasteiger charge is 2.63. The molecule has 100 valence electrons. The molecular formula is C16H20N2O. The molecule has 1 atom stereocenters. The van der Waals surface area contributed by atoms with Gasteiger partial charge in [0, 0.05) is 11.2 Å². The van der Waals surface area contributed by atoms with Gasteiger partial charge in [0.15, 0.2) is 0 Å². The number of fused-ring (bicyclic) bond motifs is 3. The molecule has 2 heterocycles. The monoisotopic (exact) mass is 256 g/mol. The van der Waals surface area contributed by atoms with Crippen LogP contribution in [0.25, 0.3) is 0 Å². The second-order valence-electron chi connectivity index (χ2n) is 6.22. The SMILES string of the molecule is O=C1Nc2ccccc2C12CCNC21CCCCC1. The Morgan fingerprint density at radius 3 is 2.63 bits per heavy atom. The van der Waals surface area contributed by atoms with E-state index in [1.807, 2.05) is 12.1 Å². The Kier molecular flexibility index (Phi) is 2.31. The first-order chi connectivity index (χ1) is 9.29. The molecule has 0 aromatic heterocycles. The number of rotatable bonds is 0. The van der Waals surface area contributed by atoms with Crippen LogP contribution in [0.3, 0.4) is 0 Å². The molecule has 4 rings (SSSR count). The molecule has 1 unspecified atom stereocenters. The van der Waals surface area contributed by atoms with Crippen LogP contribution in [0.1, 0.15) is 44.1 Å². The summed E-state index contributed by atoms with van der Waals surface area (Å²) in [5.41, 5.74) is 1.94. The first-order valence-corrected chi connectivity index (χ1v) is 7.45. The molecule has 3 aliphatic rings. The summed E-state index contributed by atoms with van der Waals surface area (Å²) in [6.07, 6.45) is 7.00. The zero-order chi connectivity index (χ0) is 12.9. The van der Waals surface area contributed by atoms with Crippen molar-refractivity contribution in [2.75, 3.05) is 11.9 Å². The minimum Gasteiger partial charge on any atom is -0.325 e. The van der Waals surface area contributed by atoms with Crippen molar-refractivity contribution < 1.29 is 4.79 Å². The van der Waals surface area contributed by atoms with Gasteiger partial charge in [-0.3, -0.25) is 4.79 Å². The van der Waals surface area contributed by atoms with Crippen molar-refractivity contribution in [2.24, 2.45) is 0 Å². The molecule has 3 heteroatoms. The fourth-order valence-corrected chi connectivity index (χ4v) is 4.68. The highest BCUT2D eigenvalue weighted by molar-refractivity contribution is 6.07. The first-order valence-electron chi connectivity index (χ1n) is 7.45. The number of carbonyl (C=O) groups excluding carboxylic acids is 1. The highest BCUT2D eigenvalue weighted by Crippen LogP contribution is 2.54. The first kappa shape index (κ1) is 11.5. The van der Waals surface area contributed by atoms with E-state index in [4.69, 9.17) is 0 Å². The minimum absolute atomic E-state index is 0.00192. The van der Waals surface area contributed by atoms with Crippen LogP contribution in [-0.4, -0.2) is 18.0 Å². The molecule has 0 radical (unpaired) electrons. The van der Waals surface area contributed by atoms with Gasteiger partial charge in [0.1, 0.15) is 0 Å². The van der Waals surface area contributed by atoms with E-state index in [0.29, 0.717) is 0 Å². The summed E-state index contributed by atoms with van der Waals surface area (Å²) in [6, 6.07) is 8.26. The molecule has 2 aliphatic heterocycles. The number of amides is 1. The fraction of sp³-hybridized carbons (Fsp3) is 0.562. The highest BCUT2D eigenvalue weighted by atomic mass is 16.2. The number of hydrogen-bond donors (Lipinski definition) is 2. The lowest BCUT2D eigenvalue weighted by molar-refractivity contribution is -0.123. The van der Waals surface area contributed by atoms with Crippen molar-refractivity contribution in [3.63, 3.8) is 0 Å². The Morgan fingerprint density at radius 1 is 1.00 bits per heavy atom. The maximum atomic E-state index is 12.8. The number of nitrogens with one attached hydrogen (secondary N) is 2. The van der Waals surface area contributed by atoms with Gasteiger partial charge in [-0.25, -0.2) is 0 Å². The fourth-order valence-electron chi connectivity index (χ4n) is 4.68. The van der Waals surface area contributed by atoms with Crippen molar-refractivity contribution in [2.45, 2.75) is 49.5 Å². The van der Waals surface area contributed by atoms with E-state index in [-0.39, 0.29) is 16.9 Å². The van der Waals surface area contributed by atoms with Gasteiger partial charge in [-0.15, -0.1) is 0 Å². The molecule has 2 fully saturated rings.